The zero-order valence-electron chi connectivity index (χ0n) is 7.85. The second kappa shape index (κ2) is 3.46. The molecule has 1 aromatic rings. The highest BCUT2D eigenvalue weighted by molar-refractivity contribution is 5.10. The molecule has 0 aliphatic heterocycles. The fourth-order valence-electron chi connectivity index (χ4n) is 1.77. The van der Waals surface area contributed by atoms with Gasteiger partial charge in [-0.05, 0) is 19.3 Å². The number of aliphatic hydroxyl groups is 1. The molecule has 0 aromatic carbocycles. The van der Waals surface area contributed by atoms with Gasteiger partial charge in [-0.3, -0.25) is 0 Å². The highest BCUT2D eigenvalue weighted by atomic mass is 16.3. The minimum absolute atomic E-state index is 0.172. The largest absolute Gasteiger partial charge is 0.392 e. The first-order valence-electron chi connectivity index (χ1n) is 4.89. The third-order valence-corrected chi connectivity index (χ3v) is 2.70. The van der Waals surface area contributed by atoms with Crippen molar-refractivity contribution in [1.29, 1.82) is 0 Å². The van der Waals surface area contributed by atoms with Gasteiger partial charge in [0.15, 0.2) is 0 Å². The van der Waals surface area contributed by atoms with Crippen LogP contribution in [0.2, 0.25) is 0 Å². The van der Waals surface area contributed by atoms with Crippen LogP contribution in [0.1, 0.15) is 37.8 Å². The Morgan fingerprint density at radius 1 is 1.62 bits per heavy atom. The van der Waals surface area contributed by atoms with Crippen LogP contribution in [0, 0.1) is 0 Å². The first kappa shape index (κ1) is 8.69. The number of nitrogens with zero attached hydrogens (tertiary/aromatic N) is 3. The first-order chi connectivity index (χ1) is 6.33. The van der Waals surface area contributed by atoms with E-state index in [0.29, 0.717) is 0 Å². The van der Waals surface area contributed by atoms with Crippen LogP contribution < -0.4 is 0 Å². The molecule has 1 saturated carbocycles. The second-order valence-electron chi connectivity index (χ2n) is 3.63. The topological polar surface area (TPSA) is 50.9 Å². The molecule has 2 rings (SSSR count). The summed E-state index contributed by atoms with van der Waals surface area (Å²) in [5.41, 5.74) is 1.10. The van der Waals surface area contributed by atoms with Crippen LogP contribution in [0.25, 0.3) is 0 Å². The number of aliphatic hydroxyl groups excluding tert-OH is 1. The summed E-state index contributed by atoms with van der Waals surface area (Å²) in [6.07, 6.45) is 4.65. The van der Waals surface area contributed by atoms with E-state index in [1.165, 1.54) is 0 Å². The fourth-order valence-corrected chi connectivity index (χ4v) is 1.77. The number of aryl methyl sites for hydroxylation is 1. The molecule has 0 saturated heterocycles. The molecule has 1 fully saturated rings. The van der Waals surface area contributed by atoms with Gasteiger partial charge in [-0.1, -0.05) is 12.1 Å². The van der Waals surface area contributed by atoms with Crippen molar-refractivity contribution < 1.29 is 5.11 Å². The maximum absolute atomic E-state index is 9.50. The lowest BCUT2D eigenvalue weighted by Gasteiger charge is -2.32. The fraction of sp³-hybridized carbons (Fsp3) is 0.778. The molecular formula is C9H15N3O. The van der Waals surface area contributed by atoms with Crippen molar-refractivity contribution in [3.05, 3.63) is 11.9 Å². The molecule has 1 N–H and O–H groups in total. The zero-order valence-corrected chi connectivity index (χ0v) is 7.85. The number of aromatic nitrogens is 3. The summed E-state index contributed by atoms with van der Waals surface area (Å²) in [4.78, 5) is 0. The van der Waals surface area contributed by atoms with Crippen molar-refractivity contribution in [2.24, 2.45) is 0 Å². The van der Waals surface area contributed by atoms with Gasteiger partial charge in [0.1, 0.15) is 0 Å². The summed E-state index contributed by atoms with van der Waals surface area (Å²) in [6, 6.07) is 0. The van der Waals surface area contributed by atoms with E-state index in [9.17, 15) is 5.11 Å². The highest BCUT2D eigenvalue weighted by Gasteiger charge is 2.32. The maximum Gasteiger partial charge on any atom is 0.0729 e. The lowest BCUT2D eigenvalue weighted by Crippen LogP contribution is -2.30. The average molecular weight is 181 g/mol. The van der Waals surface area contributed by atoms with Gasteiger partial charge in [0, 0.05) is 12.5 Å². The Bertz CT molecular complexity index is 284. The molecule has 0 bridgehead atoms. The normalized spacial score (nSPS) is 27.2. The maximum atomic E-state index is 9.50. The molecule has 0 amide bonds. The molecule has 72 valence electrons. The summed E-state index contributed by atoms with van der Waals surface area (Å²) < 4.78 is 1.91. The van der Waals surface area contributed by atoms with Gasteiger partial charge in [-0.2, -0.15) is 0 Å². The molecule has 0 spiro atoms. The van der Waals surface area contributed by atoms with E-state index in [1.54, 1.807) is 6.20 Å². The van der Waals surface area contributed by atoms with Crippen molar-refractivity contribution in [3.63, 3.8) is 0 Å². The van der Waals surface area contributed by atoms with Crippen LogP contribution in [-0.4, -0.2) is 26.2 Å². The van der Waals surface area contributed by atoms with E-state index in [-0.39, 0.29) is 12.0 Å². The van der Waals surface area contributed by atoms with Crippen molar-refractivity contribution in [1.82, 2.24) is 15.0 Å². The molecule has 13 heavy (non-hydrogen) atoms. The van der Waals surface area contributed by atoms with Gasteiger partial charge in [-0.15, -0.1) is 5.10 Å². The van der Waals surface area contributed by atoms with Crippen molar-refractivity contribution in [3.8, 4) is 0 Å². The monoisotopic (exact) mass is 181 g/mol. The van der Waals surface area contributed by atoms with Gasteiger partial charge in [-0.25, -0.2) is 4.68 Å². The summed E-state index contributed by atoms with van der Waals surface area (Å²) in [5, 5.41) is 17.4. The number of hydrogen-bond donors (Lipinski definition) is 1. The van der Waals surface area contributed by atoms with Gasteiger partial charge >= 0.3 is 0 Å². The molecule has 1 heterocycles. The SMILES string of the molecule is CCCn1nncc1C1CCC1O. The van der Waals surface area contributed by atoms with Gasteiger partial charge in [0.05, 0.1) is 18.0 Å². The van der Waals surface area contributed by atoms with Crippen molar-refractivity contribution in [2.75, 3.05) is 0 Å². The van der Waals surface area contributed by atoms with Crippen LogP contribution >= 0.6 is 0 Å². The molecule has 0 radical (unpaired) electrons. The third-order valence-electron chi connectivity index (χ3n) is 2.70. The Hall–Kier alpha value is -0.900. The minimum atomic E-state index is -0.172. The third kappa shape index (κ3) is 1.46. The van der Waals surface area contributed by atoms with Crippen molar-refractivity contribution >= 4 is 0 Å². The predicted octanol–water partition coefficient (Wildman–Crippen LogP) is 0.926. The number of hydrogen-bond acceptors (Lipinski definition) is 3. The quantitative estimate of drug-likeness (QED) is 0.754. The van der Waals surface area contributed by atoms with Gasteiger partial charge in [0.2, 0.25) is 0 Å². The molecule has 1 aliphatic carbocycles. The minimum Gasteiger partial charge on any atom is -0.392 e. The molecule has 1 aliphatic rings. The summed E-state index contributed by atoms with van der Waals surface area (Å²) in [6.45, 7) is 3.02. The zero-order chi connectivity index (χ0) is 9.26. The smallest absolute Gasteiger partial charge is 0.0729 e. The second-order valence-corrected chi connectivity index (χ2v) is 3.63. The molecule has 4 heteroatoms. The molecule has 1 aromatic heterocycles. The Labute approximate surface area is 77.6 Å². The van der Waals surface area contributed by atoms with E-state index in [2.05, 4.69) is 17.2 Å². The summed E-state index contributed by atoms with van der Waals surface area (Å²) in [7, 11) is 0. The molecular weight excluding hydrogens is 166 g/mol. The Morgan fingerprint density at radius 2 is 2.46 bits per heavy atom. The van der Waals surface area contributed by atoms with E-state index in [0.717, 1.165) is 31.5 Å². The summed E-state index contributed by atoms with van der Waals surface area (Å²) in [5.74, 6) is 0.279. The first-order valence-corrected chi connectivity index (χ1v) is 4.89. The van der Waals surface area contributed by atoms with E-state index >= 15 is 0 Å². The Morgan fingerprint density at radius 3 is 3.00 bits per heavy atom. The van der Waals surface area contributed by atoms with Crippen LogP contribution in [0.15, 0.2) is 6.20 Å². The van der Waals surface area contributed by atoms with Gasteiger partial charge < -0.3 is 5.11 Å². The Kier molecular flexibility index (Phi) is 2.31. The van der Waals surface area contributed by atoms with Crippen LogP contribution in [0.4, 0.5) is 0 Å². The van der Waals surface area contributed by atoms with E-state index in [1.807, 2.05) is 4.68 Å². The summed E-state index contributed by atoms with van der Waals surface area (Å²) >= 11 is 0. The van der Waals surface area contributed by atoms with Crippen molar-refractivity contribution in [2.45, 2.75) is 44.8 Å². The average Bonchev–Trinajstić information content (AvgIpc) is 2.52. The predicted molar refractivity (Wildman–Crippen MR) is 48.3 cm³/mol. The number of rotatable bonds is 3. The van der Waals surface area contributed by atoms with Crippen LogP contribution in [0.5, 0.6) is 0 Å². The molecule has 2 atom stereocenters. The van der Waals surface area contributed by atoms with E-state index in [4.69, 9.17) is 0 Å². The molecule has 2 unspecified atom stereocenters. The molecule has 4 nitrogen and oxygen atoms in total. The van der Waals surface area contributed by atoms with Crippen LogP contribution in [0.3, 0.4) is 0 Å². The van der Waals surface area contributed by atoms with Crippen LogP contribution in [-0.2, 0) is 6.54 Å². The Balaban J connectivity index is 2.14. The standard InChI is InChI=1S/C9H15N3O/c1-2-5-12-8(6-10-11-12)7-3-4-9(7)13/h6-7,9,13H,2-5H2,1H3. The van der Waals surface area contributed by atoms with E-state index < -0.39 is 0 Å². The highest BCUT2D eigenvalue weighted by Crippen LogP contribution is 2.36. The lowest BCUT2D eigenvalue weighted by atomic mass is 9.80. The van der Waals surface area contributed by atoms with Gasteiger partial charge in [0.25, 0.3) is 0 Å². The lowest BCUT2D eigenvalue weighted by molar-refractivity contribution is 0.0619.